The molecule has 1 aromatic carbocycles. The van der Waals surface area contributed by atoms with Crippen LogP contribution in [0.2, 0.25) is 0 Å². The van der Waals surface area contributed by atoms with E-state index in [0.717, 1.165) is 29.5 Å². The normalized spacial score (nSPS) is 22.8. The van der Waals surface area contributed by atoms with E-state index in [1.54, 1.807) is 0 Å². The predicted molar refractivity (Wildman–Crippen MR) is 78.3 cm³/mol. The molecule has 3 rings (SSSR count). The molecule has 0 saturated heterocycles. The lowest BCUT2D eigenvalue weighted by molar-refractivity contribution is -0.120. The van der Waals surface area contributed by atoms with Gasteiger partial charge in [-0.15, -0.1) is 0 Å². The lowest BCUT2D eigenvalue weighted by Crippen LogP contribution is -2.34. The third kappa shape index (κ3) is 2.48. The molecule has 4 nitrogen and oxygen atoms in total. The molecule has 1 amide bonds. The Labute approximate surface area is 116 Å². The lowest BCUT2D eigenvalue weighted by Gasteiger charge is -2.13. The van der Waals surface area contributed by atoms with E-state index in [9.17, 15) is 4.79 Å². The Hall–Kier alpha value is -1.46. The van der Waals surface area contributed by atoms with Gasteiger partial charge in [-0.25, -0.2) is 4.98 Å². The maximum Gasteiger partial charge on any atom is 0.230 e. The Kier molecular flexibility index (Phi) is 3.24. The fraction of sp³-hybridized carbons (Fsp3) is 0.429. The van der Waals surface area contributed by atoms with Gasteiger partial charge in [-0.2, -0.15) is 0 Å². The van der Waals surface area contributed by atoms with Crippen molar-refractivity contribution >= 4 is 32.6 Å². The molecule has 0 spiro atoms. The molecule has 1 fully saturated rings. The molecular weight excluding hydrogens is 258 g/mol. The first kappa shape index (κ1) is 12.6. The van der Waals surface area contributed by atoms with Crippen molar-refractivity contribution in [2.45, 2.75) is 32.2 Å². The van der Waals surface area contributed by atoms with Gasteiger partial charge in [0, 0.05) is 6.04 Å². The number of hydrogen-bond donors (Lipinski definition) is 2. The largest absolute Gasteiger partial charge is 0.327 e. The molecule has 100 valence electrons. The summed E-state index contributed by atoms with van der Waals surface area (Å²) in [5.74, 6) is -0.0467. The maximum atomic E-state index is 12.1. The summed E-state index contributed by atoms with van der Waals surface area (Å²) in [7, 11) is 0. The summed E-state index contributed by atoms with van der Waals surface area (Å²) in [5, 5.41) is 3.58. The highest BCUT2D eigenvalue weighted by Crippen LogP contribution is 2.29. The Morgan fingerprint density at radius 2 is 2.32 bits per heavy atom. The first-order valence-corrected chi connectivity index (χ1v) is 7.39. The van der Waals surface area contributed by atoms with E-state index in [4.69, 9.17) is 5.73 Å². The molecule has 2 aromatic rings. The zero-order chi connectivity index (χ0) is 13.4. The van der Waals surface area contributed by atoms with Crippen molar-refractivity contribution in [1.29, 1.82) is 0 Å². The Bertz CT molecular complexity index is 622. The van der Waals surface area contributed by atoms with Crippen molar-refractivity contribution in [2.24, 2.45) is 11.7 Å². The molecule has 1 saturated carbocycles. The molecule has 2 atom stereocenters. The summed E-state index contributed by atoms with van der Waals surface area (Å²) in [6, 6.07) is 6.10. The number of aromatic nitrogens is 1. The topological polar surface area (TPSA) is 68.0 Å². The quantitative estimate of drug-likeness (QED) is 0.885. The number of carbonyl (C=O) groups is 1. The van der Waals surface area contributed by atoms with Crippen LogP contribution in [0.5, 0.6) is 0 Å². The van der Waals surface area contributed by atoms with Crippen LogP contribution < -0.4 is 11.1 Å². The van der Waals surface area contributed by atoms with E-state index in [1.165, 1.54) is 16.9 Å². The van der Waals surface area contributed by atoms with E-state index < -0.39 is 0 Å². The minimum atomic E-state index is -0.0613. The molecule has 0 aliphatic heterocycles. The number of nitrogens with zero attached hydrogens (tertiary/aromatic N) is 1. The predicted octanol–water partition coefficient (Wildman–Crippen LogP) is 2.67. The summed E-state index contributed by atoms with van der Waals surface area (Å²) >= 11 is 1.52. The number of hydrogen-bond acceptors (Lipinski definition) is 4. The van der Waals surface area contributed by atoms with Gasteiger partial charge >= 0.3 is 0 Å². The Balaban J connectivity index is 1.79. The minimum Gasteiger partial charge on any atom is -0.327 e. The molecule has 0 radical (unpaired) electrons. The number of anilines is 1. The minimum absolute atomic E-state index is 0.00313. The second-order valence-electron chi connectivity index (χ2n) is 5.18. The van der Waals surface area contributed by atoms with Gasteiger partial charge in [0.15, 0.2) is 5.13 Å². The zero-order valence-corrected chi connectivity index (χ0v) is 11.7. The van der Waals surface area contributed by atoms with Gasteiger partial charge in [0.2, 0.25) is 5.91 Å². The fourth-order valence-corrected chi connectivity index (χ4v) is 3.56. The number of aryl methyl sites for hydroxylation is 1. The summed E-state index contributed by atoms with van der Waals surface area (Å²) in [4.78, 5) is 16.6. The van der Waals surface area contributed by atoms with Crippen LogP contribution in [-0.4, -0.2) is 16.9 Å². The Morgan fingerprint density at radius 1 is 1.47 bits per heavy atom. The number of thiazole rings is 1. The number of carbonyl (C=O) groups excluding carboxylic acids is 1. The fourth-order valence-electron chi connectivity index (χ4n) is 2.60. The number of rotatable bonds is 2. The smallest absolute Gasteiger partial charge is 0.230 e. The van der Waals surface area contributed by atoms with Crippen LogP contribution in [0.3, 0.4) is 0 Å². The highest BCUT2D eigenvalue weighted by atomic mass is 32.1. The molecule has 5 heteroatoms. The second kappa shape index (κ2) is 4.90. The number of fused-ring (bicyclic) bond motifs is 1. The molecule has 1 aromatic heterocycles. The van der Waals surface area contributed by atoms with Crippen LogP contribution in [0, 0.1) is 12.8 Å². The molecule has 19 heavy (non-hydrogen) atoms. The molecule has 0 bridgehead atoms. The maximum absolute atomic E-state index is 12.1. The van der Waals surface area contributed by atoms with E-state index in [0.29, 0.717) is 5.13 Å². The molecule has 2 unspecified atom stereocenters. The highest BCUT2D eigenvalue weighted by Gasteiger charge is 2.30. The van der Waals surface area contributed by atoms with Crippen molar-refractivity contribution in [3.8, 4) is 0 Å². The SMILES string of the molecule is Cc1ccc2nc(NC(=O)C3CCCC3N)sc2c1. The standard InChI is InChI=1S/C14H17N3OS/c1-8-5-6-11-12(7-8)19-14(16-11)17-13(18)9-3-2-4-10(9)15/h5-7,9-10H,2-4,15H2,1H3,(H,16,17,18). The van der Waals surface area contributed by atoms with Crippen molar-refractivity contribution in [1.82, 2.24) is 4.98 Å². The van der Waals surface area contributed by atoms with E-state index in [-0.39, 0.29) is 17.9 Å². The zero-order valence-electron chi connectivity index (χ0n) is 10.8. The summed E-state index contributed by atoms with van der Waals surface area (Å²) < 4.78 is 1.10. The van der Waals surface area contributed by atoms with Crippen LogP contribution in [0.1, 0.15) is 24.8 Å². The molecule has 3 N–H and O–H groups in total. The van der Waals surface area contributed by atoms with Crippen LogP contribution in [0.25, 0.3) is 10.2 Å². The third-order valence-corrected chi connectivity index (χ3v) is 4.61. The summed E-state index contributed by atoms with van der Waals surface area (Å²) in [5.41, 5.74) is 8.08. The van der Waals surface area contributed by atoms with Crippen molar-refractivity contribution in [2.75, 3.05) is 5.32 Å². The molecule has 1 heterocycles. The van der Waals surface area contributed by atoms with E-state index >= 15 is 0 Å². The number of amides is 1. The molecular formula is C14H17N3OS. The third-order valence-electron chi connectivity index (χ3n) is 3.68. The van der Waals surface area contributed by atoms with Crippen LogP contribution in [0.4, 0.5) is 5.13 Å². The van der Waals surface area contributed by atoms with Crippen LogP contribution in [-0.2, 0) is 4.79 Å². The van der Waals surface area contributed by atoms with Crippen LogP contribution in [0.15, 0.2) is 18.2 Å². The second-order valence-corrected chi connectivity index (χ2v) is 6.21. The van der Waals surface area contributed by atoms with Gasteiger partial charge in [-0.3, -0.25) is 4.79 Å². The van der Waals surface area contributed by atoms with Gasteiger partial charge < -0.3 is 11.1 Å². The first-order valence-electron chi connectivity index (χ1n) is 6.57. The number of nitrogens with two attached hydrogens (primary N) is 1. The van der Waals surface area contributed by atoms with Gasteiger partial charge in [0.25, 0.3) is 0 Å². The average molecular weight is 275 g/mol. The van der Waals surface area contributed by atoms with Crippen molar-refractivity contribution in [3.63, 3.8) is 0 Å². The average Bonchev–Trinajstić information content (AvgIpc) is 2.94. The highest BCUT2D eigenvalue weighted by molar-refractivity contribution is 7.22. The van der Waals surface area contributed by atoms with Gasteiger partial charge in [-0.1, -0.05) is 23.8 Å². The summed E-state index contributed by atoms with van der Waals surface area (Å²) in [6.07, 6.45) is 2.87. The van der Waals surface area contributed by atoms with Crippen molar-refractivity contribution in [3.05, 3.63) is 23.8 Å². The molecule has 1 aliphatic rings. The number of nitrogens with one attached hydrogen (secondary N) is 1. The van der Waals surface area contributed by atoms with Gasteiger partial charge in [0.05, 0.1) is 16.1 Å². The van der Waals surface area contributed by atoms with Crippen molar-refractivity contribution < 1.29 is 4.79 Å². The lowest BCUT2D eigenvalue weighted by atomic mass is 10.0. The number of benzene rings is 1. The van der Waals surface area contributed by atoms with E-state index in [2.05, 4.69) is 23.3 Å². The van der Waals surface area contributed by atoms with E-state index in [1.807, 2.05) is 12.1 Å². The van der Waals surface area contributed by atoms with Crippen LogP contribution >= 0.6 is 11.3 Å². The van der Waals surface area contributed by atoms with Gasteiger partial charge in [-0.05, 0) is 37.5 Å². The monoisotopic (exact) mass is 275 g/mol. The Morgan fingerprint density at radius 3 is 3.05 bits per heavy atom. The molecule has 1 aliphatic carbocycles. The first-order chi connectivity index (χ1) is 9.13. The van der Waals surface area contributed by atoms with Gasteiger partial charge in [0.1, 0.15) is 0 Å². The summed E-state index contributed by atoms with van der Waals surface area (Å²) in [6.45, 7) is 2.05.